The van der Waals surface area contributed by atoms with Crippen molar-refractivity contribution in [1.29, 1.82) is 0 Å². The molecule has 108 valence electrons. The number of hydrogen-bond acceptors (Lipinski definition) is 3. The summed E-state index contributed by atoms with van der Waals surface area (Å²) in [5.74, 6) is 1.22. The van der Waals surface area contributed by atoms with E-state index in [4.69, 9.17) is 4.98 Å². The van der Waals surface area contributed by atoms with Crippen LogP contribution >= 0.6 is 0 Å². The molecule has 1 unspecified atom stereocenters. The molecule has 1 fully saturated rings. The molecule has 0 N–H and O–H groups in total. The Morgan fingerprint density at radius 1 is 1.24 bits per heavy atom. The molecule has 1 saturated heterocycles. The minimum absolute atomic E-state index is 0.150. The Labute approximate surface area is 124 Å². The predicted molar refractivity (Wildman–Crippen MR) is 81.7 cm³/mol. The van der Waals surface area contributed by atoms with Gasteiger partial charge in [0.15, 0.2) is 5.82 Å². The van der Waals surface area contributed by atoms with Gasteiger partial charge in [0.05, 0.1) is 0 Å². The molecule has 0 radical (unpaired) electrons. The number of hydrogen-bond donors (Lipinski definition) is 0. The SMILES string of the molecule is CC(=O)N1CCCC(c2ccnc(-c3ccccc3)n2)C1. The van der Waals surface area contributed by atoms with E-state index in [1.54, 1.807) is 6.92 Å². The fourth-order valence-electron chi connectivity index (χ4n) is 2.83. The molecule has 1 amide bonds. The molecular weight excluding hydrogens is 262 g/mol. The smallest absolute Gasteiger partial charge is 0.219 e. The average molecular weight is 281 g/mol. The van der Waals surface area contributed by atoms with Crippen LogP contribution in [-0.2, 0) is 4.79 Å². The van der Waals surface area contributed by atoms with Gasteiger partial charge in [0, 0.05) is 43.4 Å². The first kappa shape index (κ1) is 13.7. The molecule has 2 aromatic rings. The minimum atomic E-state index is 0.150. The Balaban J connectivity index is 1.84. The van der Waals surface area contributed by atoms with Gasteiger partial charge in [0.25, 0.3) is 0 Å². The number of aromatic nitrogens is 2. The number of likely N-dealkylation sites (tertiary alicyclic amines) is 1. The topological polar surface area (TPSA) is 46.1 Å². The van der Waals surface area contributed by atoms with E-state index >= 15 is 0 Å². The van der Waals surface area contributed by atoms with Gasteiger partial charge < -0.3 is 4.90 Å². The number of carbonyl (C=O) groups is 1. The predicted octanol–water partition coefficient (Wildman–Crippen LogP) is 2.87. The van der Waals surface area contributed by atoms with Gasteiger partial charge in [-0.1, -0.05) is 30.3 Å². The van der Waals surface area contributed by atoms with Gasteiger partial charge >= 0.3 is 0 Å². The molecule has 1 aromatic heterocycles. The molecule has 1 atom stereocenters. The van der Waals surface area contributed by atoms with Gasteiger partial charge in [0.1, 0.15) is 0 Å². The van der Waals surface area contributed by atoms with Crippen LogP contribution < -0.4 is 0 Å². The number of nitrogens with zero attached hydrogens (tertiary/aromatic N) is 3. The normalized spacial score (nSPS) is 18.5. The van der Waals surface area contributed by atoms with Gasteiger partial charge in [-0.15, -0.1) is 0 Å². The summed E-state index contributed by atoms with van der Waals surface area (Å²) in [6.45, 7) is 3.26. The van der Waals surface area contributed by atoms with Crippen LogP contribution in [0.1, 0.15) is 31.4 Å². The Bertz CT molecular complexity index is 627. The zero-order chi connectivity index (χ0) is 14.7. The van der Waals surface area contributed by atoms with Crippen molar-refractivity contribution in [3.05, 3.63) is 48.3 Å². The lowest BCUT2D eigenvalue weighted by atomic mass is 9.94. The molecule has 21 heavy (non-hydrogen) atoms. The number of rotatable bonds is 2. The van der Waals surface area contributed by atoms with E-state index in [2.05, 4.69) is 4.98 Å². The number of piperidine rings is 1. The highest BCUT2D eigenvalue weighted by Crippen LogP contribution is 2.26. The van der Waals surface area contributed by atoms with Crippen molar-refractivity contribution in [1.82, 2.24) is 14.9 Å². The summed E-state index contributed by atoms with van der Waals surface area (Å²) in [4.78, 5) is 22.6. The van der Waals surface area contributed by atoms with E-state index in [0.717, 1.165) is 43.0 Å². The van der Waals surface area contributed by atoms with Crippen molar-refractivity contribution in [3.8, 4) is 11.4 Å². The van der Waals surface area contributed by atoms with Crippen molar-refractivity contribution >= 4 is 5.91 Å². The van der Waals surface area contributed by atoms with Crippen LogP contribution in [0.15, 0.2) is 42.6 Å². The van der Waals surface area contributed by atoms with Gasteiger partial charge in [0.2, 0.25) is 5.91 Å². The standard InChI is InChI=1S/C17H19N3O/c1-13(21)20-11-5-8-15(12-20)16-9-10-18-17(19-16)14-6-3-2-4-7-14/h2-4,6-7,9-10,15H,5,8,11-12H2,1H3. The maximum atomic E-state index is 11.6. The first-order valence-corrected chi connectivity index (χ1v) is 7.38. The van der Waals surface area contributed by atoms with Crippen LogP contribution in [0.2, 0.25) is 0 Å². The maximum Gasteiger partial charge on any atom is 0.219 e. The molecule has 0 saturated carbocycles. The molecule has 4 heteroatoms. The highest BCUT2D eigenvalue weighted by molar-refractivity contribution is 5.73. The molecular formula is C17H19N3O. The zero-order valence-corrected chi connectivity index (χ0v) is 12.2. The molecule has 1 aliphatic heterocycles. The van der Waals surface area contributed by atoms with Crippen molar-refractivity contribution in [2.45, 2.75) is 25.7 Å². The van der Waals surface area contributed by atoms with E-state index < -0.39 is 0 Å². The third-order valence-corrected chi connectivity index (χ3v) is 3.99. The van der Waals surface area contributed by atoms with E-state index in [-0.39, 0.29) is 5.91 Å². The minimum Gasteiger partial charge on any atom is -0.342 e. The fourth-order valence-corrected chi connectivity index (χ4v) is 2.83. The highest BCUT2D eigenvalue weighted by atomic mass is 16.2. The first-order chi connectivity index (χ1) is 10.2. The lowest BCUT2D eigenvalue weighted by Gasteiger charge is -2.31. The van der Waals surface area contributed by atoms with Crippen LogP contribution in [0.25, 0.3) is 11.4 Å². The van der Waals surface area contributed by atoms with E-state index in [0.29, 0.717) is 5.92 Å². The van der Waals surface area contributed by atoms with Crippen LogP contribution in [-0.4, -0.2) is 33.9 Å². The van der Waals surface area contributed by atoms with Crippen LogP contribution in [0.4, 0.5) is 0 Å². The summed E-state index contributed by atoms with van der Waals surface area (Å²) in [5, 5.41) is 0. The summed E-state index contributed by atoms with van der Waals surface area (Å²) in [6, 6.07) is 12.0. The summed E-state index contributed by atoms with van der Waals surface area (Å²) in [7, 11) is 0. The molecule has 0 aliphatic carbocycles. The number of carbonyl (C=O) groups excluding carboxylic acids is 1. The second-order valence-electron chi connectivity index (χ2n) is 5.48. The van der Waals surface area contributed by atoms with Crippen molar-refractivity contribution in [2.24, 2.45) is 0 Å². The third-order valence-electron chi connectivity index (χ3n) is 3.99. The quantitative estimate of drug-likeness (QED) is 0.850. The van der Waals surface area contributed by atoms with Crippen LogP contribution in [0, 0.1) is 0 Å². The monoisotopic (exact) mass is 281 g/mol. The van der Waals surface area contributed by atoms with Gasteiger partial charge in [-0.3, -0.25) is 4.79 Å². The van der Waals surface area contributed by atoms with E-state index in [1.807, 2.05) is 47.5 Å². The average Bonchev–Trinajstić information content (AvgIpc) is 2.56. The lowest BCUT2D eigenvalue weighted by molar-refractivity contribution is -0.130. The largest absolute Gasteiger partial charge is 0.342 e. The van der Waals surface area contributed by atoms with E-state index in [9.17, 15) is 4.79 Å². The summed E-state index contributed by atoms with van der Waals surface area (Å²) >= 11 is 0. The maximum absolute atomic E-state index is 11.6. The Morgan fingerprint density at radius 3 is 2.81 bits per heavy atom. The molecule has 0 spiro atoms. The Morgan fingerprint density at radius 2 is 2.05 bits per heavy atom. The Kier molecular flexibility index (Phi) is 3.95. The van der Waals surface area contributed by atoms with Crippen LogP contribution in [0.5, 0.6) is 0 Å². The lowest BCUT2D eigenvalue weighted by Crippen LogP contribution is -2.37. The molecule has 2 heterocycles. The molecule has 4 nitrogen and oxygen atoms in total. The number of benzene rings is 1. The van der Waals surface area contributed by atoms with Crippen molar-refractivity contribution < 1.29 is 4.79 Å². The van der Waals surface area contributed by atoms with E-state index in [1.165, 1.54) is 0 Å². The molecule has 0 bridgehead atoms. The number of amides is 1. The molecule has 3 rings (SSSR count). The summed E-state index contributed by atoms with van der Waals surface area (Å²) < 4.78 is 0. The van der Waals surface area contributed by atoms with Gasteiger partial charge in [-0.2, -0.15) is 0 Å². The van der Waals surface area contributed by atoms with Gasteiger partial charge in [-0.05, 0) is 18.9 Å². The zero-order valence-electron chi connectivity index (χ0n) is 12.2. The van der Waals surface area contributed by atoms with Crippen molar-refractivity contribution in [3.63, 3.8) is 0 Å². The van der Waals surface area contributed by atoms with Crippen LogP contribution in [0.3, 0.4) is 0 Å². The second-order valence-corrected chi connectivity index (χ2v) is 5.48. The summed E-state index contributed by atoms with van der Waals surface area (Å²) in [5.41, 5.74) is 2.06. The molecule has 1 aliphatic rings. The highest BCUT2D eigenvalue weighted by Gasteiger charge is 2.24. The van der Waals surface area contributed by atoms with Crippen molar-refractivity contribution in [2.75, 3.05) is 13.1 Å². The summed E-state index contributed by atoms with van der Waals surface area (Å²) in [6.07, 6.45) is 3.93. The molecule has 1 aromatic carbocycles. The first-order valence-electron chi connectivity index (χ1n) is 7.38. The Hall–Kier alpha value is -2.23. The third kappa shape index (κ3) is 3.10. The second kappa shape index (κ2) is 6.04. The fraction of sp³-hybridized carbons (Fsp3) is 0.353. The van der Waals surface area contributed by atoms with Gasteiger partial charge in [-0.25, -0.2) is 9.97 Å².